The molecule has 0 radical (unpaired) electrons. The second kappa shape index (κ2) is 7.68. The Morgan fingerprint density at radius 1 is 1.28 bits per heavy atom. The lowest BCUT2D eigenvalue weighted by Crippen LogP contribution is -2.31. The summed E-state index contributed by atoms with van der Waals surface area (Å²) >= 11 is 1.17. The van der Waals surface area contributed by atoms with E-state index in [9.17, 15) is 19.6 Å². The molecule has 1 aromatic heterocycles. The number of aryl methyl sites for hydroxylation is 2. The third-order valence-corrected chi connectivity index (χ3v) is 6.23. The van der Waals surface area contributed by atoms with Crippen molar-refractivity contribution in [3.05, 3.63) is 52.7 Å². The summed E-state index contributed by atoms with van der Waals surface area (Å²) in [6.45, 7) is 0. The maximum atomic E-state index is 12.9. The molecule has 0 N–H and O–H groups in total. The normalized spacial score (nSPS) is 17.9. The molecule has 0 saturated carbocycles. The van der Waals surface area contributed by atoms with Crippen LogP contribution in [0.25, 0.3) is 0 Å². The lowest BCUT2D eigenvalue weighted by Gasteiger charge is -2.15. The van der Waals surface area contributed by atoms with Crippen molar-refractivity contribution in [1.29, 1.82) is 5.26 Å². The second-order valence-corrected chi connectivity index (χ2v) is 8.02. The number of amides is 2. The molecule has 1 aromatic carbocycles. The minimum atomic E-state index is -0.637. The van der Waals surface area contributed by atoms with Gasteiger partial charge in [-0.2, -0.15) is 5.26 Å². The van der Waals surface area contributed by atoms with Gasteiger partial charge >= 0.3 is 5.97 Å². The zero-order valence-corrected chi connectivity index (χ0v) is 16.5. The van der Waals surface area contributed by atoms with Crippen LogP contribution in [0.5, 0.6) is 0 Å². The Morgan fingerprint density at radius 2 is 2.03 bits per heavy atom. The van der Waals surface area contributed by atoms with Crippen LogP contribution in [0.15, 0.2) is 35.4 Å². The number of esters is 1. The summed E-state index contributed by atoms with van der Waals surface area (Å²) in [5, 5.41) is 9.32. The van der Waals surface area contributed by atoms with Gasteiger partial charge in [-0.25, -0.2) is 14.7 Å². The summed E-state index contributed by atoms with van der Waals surface area (Å²) in [6, 6.07) is 10.1. The molecule has 1 aliphatic carbocycles. The van der Waals surface area contributed by atoms with Crippen LogP contribution < -0.4 is 4.90 Å². The number of imide groups is 1. The first kappa shape index (κ1) is 19.2. The number of ether oxygens (including phenoxy) is 1. The number of fused-ring (bicyclic) bond motifs is 1. The number of hydrogen-bond donors (Lipinski definition) is 0. The van der Waals surface area contributed by atoms with Gasteiger partial charge < -0.3 is 4.74 Å². The van der Waals surface area contributed by atoms with Gasteiger partial charge in [0.25, 0.3) is 0 Å². The van der Waals surface area contributed by atoms with Crippen molar-refractivity contribution in [3.8, 4) is 6.07 Å². The second-order valence-electron chi connectivity index (χ2n) is 6.83. The van der Waals surface area contributed by atoms with Gasteiger partial charge in [0.05, 0.1) is 29.2 Å². The number of carbonyl (C=O) groups is 3. The number of rotatable bonds is 4. The summed E-state index contributed by atoms with van der Waals surface area (Å²) < 4.78 is 4.66. The van der Waals surface area contributed by atoms with E-state index in [0.29, 0.717) is 21.8 Å². The van der Waals surface area contributed by atoms with Gasteiger partial charge in [-0.15, -0.1) is 0 Å². The first-order chi connectivity index (χ1) is 14.0. The van der Waals surface area contributed by atoms with Gasteiger partial charge in [0.1, 0.15) is 11.1 Å². The highest BCUT2D eigenvalue weighted by atomic mass is 32.2. The van der Waals surface area contributed by atoms with Gasteiger partial charge in [-0.1, -0.05) is 11.8 Å². The lowest BCUT2D eigenvalue weighted by atomic mass is 10.2. The van der Waals surface area contributed by atoms with Crippen LogP contribution in [0.3, 0.4) is 0 Å². The molecule has 2 heterocycles. The number of benzene rings is 1. The zero-order chi connectivity index (χ0) is 20.5. The summed E-state index contributed by atoms with van der Waals surface area (Å²) in [5.41, 5.74) is 3.24. The summed E-state index contributed by atoms with van der Waals surface area (Å²) in [5.74, 6) is -1.16. The van der Waals surface area contributed by atoms with E-state index >= 15 is 0 Å². The van der Waals surface area contributed by atoms with E-state index < -0.39 is 11.2 Å². The highest BCUT2D eigenvalue weighted by Gasteiger charge is 2.41. The van der Waals surface area contributed by atoms with E-state index in [4.69, 9.17) is 0 Å². The molecular weight excluding hydrogens is 390 g/mol. The van der Waals surface area contributed by atoms with Gasteiger partial charge in [0.2, 0.25) is 11.8 Å². The van der Waals surface area contributed by atoms with E-state index in [-0.39, 0.29) is 18.2 Å². The third-order valence-electron chi connectivity index (χ3n) is 5.04. The predicted molar refractivity (Wildman–Crippen MR) is 106 cm³/mol. The number of nitrogens with zero attached hydrogens (tertiary/aromatic N) is 3. The fraction of sp³-hybridized carbons (Fsp3) is 0.286. The van der Waals surface area contributed by atoms with Crippen molar-refractivity contribution >= 4 is 35.2 Å². The Kier molecular flexibility index (Phi) is 5.07. The van der Waals surface area contributed by atoms with E-state index in [1.807, 2.05) is 6.07 Å². The smallest absolute Gasteiger partial charge is 0.337 e. The fourth-order valence-electron chi connectivity index (χ4n) is 3.59. The van der Waals surface area contributed by atoms with Crippen LogP contribution in [-0.2, 0) is 27.2 Å². The average molecular weight is 407 g/mol. The number of carbonyl (C=O) groups excluding carboxylic acids is 3. The molecule has 2 aromatic rings. The van der Waals surface area contributed by atoms with E-state index in [1.54, 1.807) is 12.1 Å². The van der Waals surface area contributed by atoms with Gasteiger partial charge in [0.15, 0.2) is 0 Å². The maximum Gasteiger partial charge on any atom is 0.337 e. The van der Waals surface area contributed by atoms with E-state index in [1.165, 1.54) is 31.0 Å². The Bertz CT molecular complexity index is 1060. The number of aromatic nitrogens is 1. The van der Waals surface area contributed by atoms with Crippen molar-refractivity contribution in [2.45, 2.75) is 36.0 Å². The number of pyridine rings is 1. The molecule has 0 bridgehead atoms. The molecule has 1 aliphatic heterocycles. The predicted octanol–water partition coefficient (Wildman–Crippen LogP) is 2.65. The topological polar surface area (TPSA) is 100 Å². The molecule has 1 unspecified atom stereocenters. The number of anilines is 1. The van der Waals surface area contributed by atoms with Crippen LogP contribution in [0.4, 0.5) is 5.69 Å². The highest BCUT2D eigenvalue weighted by molar-refractivity contribution is 8.00. The Balaban J connectivity index is 1.56. The van der Waals surface area contributed by atoms with Crippen LogP contribution in [0, 0.1) is 11.3 Å². The average Bonchev–Trinajstić information content (AvgIpc) is 3.30. The first-order valence-corrected chi connectivity index (χ1v) is 10.0. The number of methoxy groups -OCH3 is 1. The minimum absolute atomic E-state index is 0.0336. The van der Waals surface area contributed by atoms with Crippen molar-refractivity contribution in [1.82, 2.24) is 4.98 Å². The Morgan fingerprint density at radius 3 is 2.72 bits per heavy atom. The molecule has 0 spiro atoms. The number of nitriles is 1. The zero-order valence-electron chi connectivity index (χ0n) is 15.7. The molecule has 2 aliphatic rings. The SMILES string of the molecule is COC(=O)c1ccc(N2C(=O)CC(Sc3nc4c(cc3C#N)CCC4)C2=O)cc1. The molecule has 146 valence electrons. The molecule has 1 fully saturated rings. The van der Waals surface area contributed by atoms with Gasteiger partial charge in [0, 0.05) is 12.1 Å². The molecule has 8 heteroatoms. The lowest BCUT2D eigenvalue weighted by molar-refractivity contribution is -0.121. The van der Waals surface area contributed by atoms with E-state index in [2.05, 4.69) is 15.8 Å². The quantitative estimate of drug-likeness (QED) is 0.567. The van der Waals surface area contributed by atoms with Crippen LogP contribution in [0.2, 0.25) is 0 Å². The van der Waals surface area contributed by atoms with Crippen LogP contribution in [-0.4, -0.2) is 35.1 Å². The maximum absolute atomic E-state index is 12.9. The largest absolute Gasteiger partial charge is 0.465 e. The molecule has 29 heavy (non-hydrogen) atoms. The highest BCUT2D eigenvalue weighted by Crippen LogP contribution is 2.36. The molecule has 2 amide bonds. The first-order valence-electron chi connectivity index (χ1n) is 9.16. The monoisotopic (exact) mass is 407 g/mol. The molecule has 7 nitrogen and oxygen atoms in total. The molecule has 1 saturated heterocycles. The standard InChI is InChI=1S/C21H17N3O4S/c1-28-21(27)12-5-7-15(8-6-12)24-18(25)10-17(20(24)26)29-19-14(11-22)9-13-3-2-4-16(13)23-19/h5-9,17H,2-4,10H2,1H3. The fourth-order valence-corrected chi connectivity index (χ4v) is 4.69. The third kappa shape index (κ3) is 3.49. The minimum Gasteiger partial charge on any atom is -0.465 e. The Hall–Kier alpha value is -3.18. The van der Waals surface area contributed by atoms with Crippen molar-refractivity contribution in [2.75, 3.05) is 12.0 Å². The van der Waals surface area contributed by atoms with Gasteiger partial charge in [-0.3, -0.25) is 9.59 Å². The van der Waals surface area contributed by atoms with Crippen molar-refractivity contribution in [2.24, 2.45) is 0 Å². The number of thioether (sulfide) groups is 1. The number of hydrogen-bond acceptors (Lipinski definition) is 7. The van der Waals surface area contributed by atoms with Crippen LogP contribution in [0.1, 0.15) is 40.0 Å². The summed E-state index contributed by atoms with van der Waals surface area (Å²) in [6.07, 6.45) is 2.83. The molecule has 1 atom stereocenters. The molecular formula is C21H17N3O4S. The van der Waals surface area contributed by atoms with Crippen LogP contribution >= 0.6 is 11.8 Å². The molecule has 4 rings (SSSR count). The van der Waals surface area contributed by atoms with Gasteiger partial charge in [-0.05, 0) is 55.2 Å². The van der Waals surface area contributed by atoms with E-state index in [0.717, 1.165) is 35.4 Å². The summed E-state index contributed by atoms with van der Waals surface area (Å²) in [4.78, 5) is 42.7. The van der Waals surface area contributed by atoms with Crippen molar-refractivity contribution in [3.63, 3.8) is 0 Å². The van der Waals surface area contributed by atoms with Crippen molar-refractivity contribution < 1.29 is 19.1 Å². The summed E-state index contributed by atoms with van der Waals surface area (Å²) in [7, 11) is 1.29. The Labute approximate surface area is 171 Å².